The van der Waals surface area contributed by atoms with Gasteiger partial charge >= 0.3 is 6.09 Å². The fourth-order valence-corrected chi connectivity index (χ4v) is 4.49. The van der Waals surface area contributed by atoms with Crippen molar-refractivity contribution in [3.8, 4) is 11.1 Å². The summed E-state index contributed by atoms with van der Waals surface area (Å²) in [6.07, 6.45) is -0.362. The van der Waals surface area contributed by atoms with Crippen molar-refractivity contribution < 1.29 is 9.53 Å². The Bertz CT molecular complexity index is 927. The molecule has 0 atom stereocenters. The van der Waals surface area contributed by atoms with Crippen LogP contribution in [0.1, 0.15) is 11.1 Å². The van der Waals surface area contributed by atoms with E-state index >= 15 is 0 Å². The largest absolute Gasteiger partial charge is 0.452 e. The van der Waals surface area contributed by atoms with Gasteiger partial charge in [-0.2, -0.15) is 0 Å². The van der Waals surface area contributed by atoms with Gasteiger partial charge in [0.05, 0.1) is 12.8 Å². The highest BCUT2D eigenvalue weighted by molar-refractivity contribution is 6.33. The maximum absolute atomic E-state index is 12.7. The Morgan fingerprint density at radius 2 is 1.83 bits per heavy atom. The van der Waals surface area contributed by atoms with Crippen LogP contribution in [0, 0.1) is 6.92 Å². The number of halogens is 1. The molecule has 0 aromatic heterocycles. The molecule has 6 nitrogen and oxygen atoms in total. The van der Waals surface area contributed by atoms with Gasteiger partial charge in [0.25, 0.3) is 0 Å². The number of hydrazine groups is 1. The van der Waals surface area contributed by atoms with Gasteiger partial charge < -0.3 is 9.64 Å². The SMILES string of the molecule is COC(=O)N1c2cc(-c3ccc(C)cc3Cl)ccc2CN1CCN1CCN(C)CC1. The molecule has 2 aliphatic rings. The molecule has 7 heteroatoms. The molecule has 2 heterocycles. The fraction of sp³-hybridized carbons (Fsp3) is 0.435. The van der Waals surface area contributed by atoms with Gasteiger partial charge in [0.15, 0.2) is 0 Å². The van der Waals surface area contributed by atoms with Gasteiger partial charge in [-0.05, 0) is 42.8 Å². The first kappa shape index (κ1) is 21.1. The van der Waals surface area contributed by atoms with Crippen LogP contribution in [-0.4, -0.2) is 74.3 Å². The summed E-state index contributed by atoms with van der Waals surface area (Å²) in [6.45, 7) is 8.70. The zero-order chi connectivity index (χ0) is 21.3. The smallest absolute Gasteiger partial charge is 0.428 e. The highest BCUT2D eigenvalue weighted by Crippen LogP contribution is 2.37. The minimum absolute atomic E-state index is 0.362. The van der Waals surface area contributed by atoms with Crippen LogP contribution >= 0.6 is 11.6 Å². The third-order valence-electron chi connectivity index (χ3n) is 6.00. The number of benzene rings is 2. The van der Waals surface area contributed by atoms with Crippen molar-refractivity contribution in [2.45, 2.75) is 13.5 Å². The van der Waals surface area contributed by atoms with Crippen LogP contribution in [0.4, 0.5) is 10.5 Å². The molecule has 2 aliphatic heterocycles. The molecule has 0 unspecified atom stereocenters. The van der Waals surface area contributed by atoms with E-state index in [4.69, 9.17) is 16.3 Å². The van der Waals surface area contributed by atoms with Crippen LogP contribution < -0.4 is 5.01 Å². The fourth-order valence-electron chi connectivity index (χ4n) is 4.14. The molecule has 0 N–H and O–H groups in total. The molecule has 1 saturated heterocycles. The van der Waals surface area contributed by atoms with Gasteiger partial charge in [-0.25, -0.2) is 14.8 Å². The minimum atomic E-state index is -0.362. The summed E-state index contributed by atoms with van der Waals surface area (Å²) in [6, 6.07) is 12.3. The molecule has 4 rings (SSSR count). The highest BCUT2D eigenvalue weighted by Gasteiger charge is 2.33. The quantitative estimate of drug-likeness (QED) is 0.739. The molecule has 2 aromatic carbocycles. The molecule has 0 saturated carbocycles. The Hall–Kier alpha value is -2.12. The summed E-state index contributed by atoms with van der Waals surface area (Å²) in [5.41, 5.74) is 5.07. The molecule has 1 fully saturated rings. The third kappa shape index (κ3) is 4.32. The Balaban J connectivity index is 1.56. The average Bonchev–Trinajstić information content (AvgIpc) is 3.10. The number of piperazine rings is 1. The standard InChI is InChI=1S/C23H29ClN4O2/c1-17-4-7-20(21(24)14-17)18-5-6-19-16-27(28(22(19)15-18)23(29)30-3)13-12-26-10-8-25(2)9-11-26/h4-7,14-15H,8-13,16H2,1-3H3. The number of ether oxygens (including phenoxy) is 1. The van der Waals surface area contributed by atoms with Crippen LogP contribution in [0.3, 0.4) is 0 Å². The normalized spacial score (nSPS) is 17.9. The monoisotopic (exact) mass is 428 g/mol. The van der Waals surface area contributed by atoms with Crippen LogP contribution in [0.15, 0.2) is 36.4 Å². The number of carbonyl (C=O) groups is 1. The van der Waals surface area contributed by atoms with E-state index in [0.29, 0.717) is 11.6 Å². The number of anilines is 1. The number of carbonyl (C=O) groups excluding carboxylic acids is 1. The number of nitrogens with zero attached hydrogens (tertiary/aromatic N) is 4. The maximum atomic E-state index is 12.7. The summed E-state index contributed by atoms with van der Waals surface area (Å²) in [5.74, 6) is 0. The van der Waals surface area contributed by atoms with Crippen molar-refractivity contribution >= 4 is 23.4 Å². The first-order chi connectivity index (χ1) is 14.5. The van der Waals surface area contributed by atoms with Crippen molar-refractivity contribution in [1.82, 2.24) is 14.8 Å². The first-order valence-corrected chi connectivity index (χ1v) is 10.8. The van der Waals surface area contributed by atoms with Crippen LogP contribution in [0.5, 0.6) is 0 Å². The van der Waals surface area contributed by atoms with Gasteiger partial charge in [-0.15, -0.1) is 0 Å². The molecule has 2 aromatic rings. The van der Waals surface area contributed by atoms with E-state index in [9.17, 15) is 4.79 Å². The molecule has 30 heavy (non-hydrogen) atoms. The molecular formula is C23H29ClN4O2. The van der Waals surface area contributed by atoms with Crippen LogP contribution in [0.25, 0.3) is 11.1 Å². The lowest BCUT2D eigenvalue weighted by Gasteiger charge is -2.34. The zero-order valence-corrected chi connectivity index (χ0v) is 18.7. The summed E-state index contributed by atoms with van der Waals surface area (Å²) in [5, 5.41) is 4.47. The van der Waals surface area contributed by atoms with Crippen LogP contribution in [0.2, 0.25) is 5.02 Å². The maximum Gasteiger partial charge on any atom is 0.428 e. The molecule has 160 valence electrons. The second kappa shape index (κ2) is 8.94. The van der Waals surface area contributed by atoms with Gasteiger partial charge in [0.1, 0.15) is 0 Å². The predicted octanol–water partition coefficient (Wildman–Crippen LogP) is 3.87. The number of fused-ring (bicyclic) bond motifs is 1. The van der Waals surface area contributed by atoms with Crippen molar-refractivity contribution in [1.29, 1.82) is 0 Å². The third-order valence-corrected chi connectivity index (χ3v) is 6.32. The van der Waals surface area contributed by atoms with Gasteiger partial charge in [0, 0.05) is 56.4 Å². The lowest BCUT2D eigenvalue weighted by molar-refractivity contribution is 0.123. The number of hydrogen-bond acceptors (Lipinski definition) is 5. The molecule has 0 radical (unpaired) electrons. The van der Waals surface area contributed by atoms with Gasteiger partial charge in [-0.3, -0.25) is 4.90 Å². The van der Waals surface area contributed by atoms with Crippen molar-refractivity contribution in [3.63, 3.8) is 0 Å². The molecule has 0 spiro atoms. The number of likely N-dealkylation sites (N-methyl/N-ethyl adjacent to an activating group) is 1. The molecule has 0 bridgehead atoms. The zero-order valence-electron chi connectivity index (χ0n) is 17.9. The molecule has 1 amide bonds. The lowest BCUT2D eigenvalue weighted by atomic mass is 10.0. The second-order valence-electron chi connectivity index (χ2n) is 8.14. The minimum Gasteiger partial charge on any atom is -0.452 e. The highest BCUT2D eigenvalue weighted by atomic mass is 35.5. The van der Waals surface area contributed by atoms with Gasteiger partial charge in [-0.1, -0.05) is 35.9 Å². The number of rotatable bonds is 4. The summed E-state index contributed by atoms with van der Waals surface area (Å²) < 4.78 is 5.11. The molecular weight excluding hydrogens is 400 g/mol. The Morgan fingerprint density at radius 1 is 1.07 bits per heavy atom. The number of hydrogen-bond donors (Lipinski definition) is 0. The lowest BCUT2D eigenvalue weighted by Crippen LogP contribution is -2.49. The Labute approximate surface area is 183 Å². The van der Waals surface area contributed by atoms with E-state index in [0.717, 1.165) is 67.2 Å². The average molecular weight is 429 g/mol. The van der Waals surface area contributed by atoms with E-state index < -0.39 is 0 Å². The van der Waals surface area contributed by atoms with E-state index in [1.54, 1.807) is 5.01 Å². The topological polar surface area (TPSA) is 39.3 Å². The van der Waals surface area contributed by atoms with Crippen molar-refractivity contribution in [3.05, 3.63) is 52.5 Å². The van der Waals surface area contributed by atoms with E-state index in [1.165, 1.54) is 7.11 Å². The Kier molecular flexibility index (Phi) is 6.29. The summed E-state index contributed by atoms with van der Waals surface area (Å²) >= 11 is 6.49. The predicted molar refractivity (Wildman–Crippen MR) is 121 cm³/mol. The number of methoxy groups -OCH3 is 1. The number of amides is 1. The Morgan fingerprint density at radius 3 is 2.53 bits per heavy atom. The molecule has 0 aliphatic carbocycles. The van der Waals surface area contributed by atoms with E-state index in [1.807, 2.05) is 25.1 Å². The van der Waals surface area contributed by atoms with E-state index in [-0.39, 0.29) is 6.09 Å². The van der Waals surface area contributed by atoms with E-state index in [2.05, 4.69) is 40.1 Å². The number of aryl methyl sites for hydroxylation is 1. The van der Waals surface area contributed by atoms with Crippen molar-refractivity contribution in [2.24, 2.45) is 0 Å². The summed E-state index contributed by atoms with van der Waals surface area (Å²) in [4.78, 5) is 17.5. The van der Waals surface area contributed by atoms with Gasteiger partial charge in [0.2, 0.25) is 0 Å². The van der Waals surface area contributed by atoms with Crippen molar-refractivity contribution in [2.75, 3.05) is 58.4 Å². The van der Waals surface area contributed by atoms with Crippen LogP contribution in [-0.2, 0) is 11.3 Å². The second-order valence-corrected chi connectivity index (χ2v) is 8.55. The summed E-state index contributed by atoms with van der Waals surface area (Å²) in [7, 11) is 3.59. The first-order valence-electron chi connectivity index (χ1n) is 10.4.